The first-order chi connectivity index (χ1) is 28.2. The Labute approximate surface area is 342 Å². The van der Waals surface area contributed by atoms with Crippen molar-refractivity contribution < 1.29 is 0 Å². The molecule has 0 fully saturated rings. The van der Waals surface area contributed by atoms with Gasteiger partial charge in [-0.1, -0.05) is 145 Å². The second-order valence-corrected chi connectivity index (χ2v) is 17.6. The molecule has 0 N–H and O–H groups in total. The maximum atomic E-state index is 2.51. The molecule has 0 unspecified atom stereocenters. The largest absolute Gasteiger partial charge is 0.308 e. The standard InChI is InChI=1S/C53H36N2S2/c1-2-12-38-34-53(33-37(38)11-1)43-31-36(22-21-35-23-26-39(27-24-35)54-45-13-3-7-17-49(45)56-50-18-8-4-14-46(50)54)25-29-41(43)42-30-28-40(32-44(42)53)55-47-15-5-9-19-51(47)57-52-20-10-6-16-48(52)55/h1-32H,33-34H2/b22-21+. The van der Waals surface area contributed by atoms with E-state index in [-0.39, 0.29) is 5.41 Å². The quantitative estimate of drug-likeness (QED) is 0.165. The SMILES string of the molecule is C(=C\c1ccc2c(c1)C1(Cc3ccccc3C1)c1cc(N3c4ccccc4Sc4ccccc43)ccc1-2)/c1ccc(N2c3ccccc3Sc3ccccc32)cc1. The summed E-state index contributed by atoms with van der Waals surface area (Å²) in [5, 5.41) is 0. The maximum Gasteiger partial charge on any atom is 0.0601 e. The molecule has 4 aliphatic rings. The lowest BCUT2D eigenvalue weighted by Gasteiger charge is -2.34. The van der Waals surface area contributed by atoms with Gasteiger partial charge in [0, 0.05) is 36.4 Å². The van der Waals surface area contributed by atoms with E-state index in [1.54, 1.807) is 0 Å². The molecule has 0 amide bonds. The first kappa shape index (κ1) is 33.0. The van der Waals surface area contributed by atoms with E-state index >= 15 is 0 Å². The van der Waals surface area contributed by atoms with Crippen LogP contribution in [0.1, 0.15) is 33.4 Å². The highest BCUT2D eigenvalue weighted by Crippen LogP contribution is 2.58. The lowest BCUT2D eigenvalue weighted by atomic mass is 9.75. The van der Waals surface area contributed by atoms with Crippen LogP contribution in [0, 0.1) is 0 Å². The van der Waals surface area contributed by atoms with Gasteiger partial charge < -0.3 is 9.80 Å². The summed E-state index contributed by atoms with van der Waals surface area (Å²) < 4.78 is 0. The molecule has 0 bridgehead atoms. The Morgan fingerprint density at radius 2 is 0.789 bits per heavy atom. The molecule has 0 aromatic heterocycles. The van der Waals surface area contributed by atoms with Crippen LogP contribution in [0.4, 0.5) is 34.1 Å². The minimum absolute atomic E-state index is 0.126. The Bertz CT molecular complexity index is 2830. The van der Waals surface area contributed by atoms with E-state index in [4.69, 9.17) is 0 Å². The third-order valence-electron chi connectivity index (χ3n) is 12.2. The van der Waals surface area contributed by atoms with Crippen LogP contribution >= 0.6 is 23.5 Å². The highest BCUT2D eigenvalue weighted by atomic mass is 32.2. The lowest BCUT2D eigenvalue weighted by molar-refractivity contribution is 0.563. The van der Waals surface area contributed by atoms with Crippen molar-refractivity contribution in [1.82, 2.24) is 0 Å². The highest BCUT2D eigenvalue weighted by Gasteiger charge is 2.47. The van der Waals surface area contributed by atoms with Crippen LogP contribution in [-0.4, -0.2) is 0 Å². The van der Waals surface area contributed by atoms with Crippen molar-refractivity contribution in [2.24, 2.45) is 0 Å². The van der Waals surface area contributed by atoms with Gasteiger partial charge in [-0.3, -0.25) is 0 Å². The first-order valence-electron chi connectivity index (χ1n) is 19.7. The molecule has 0 atom stereocenters. The zero-order valence-corrected chi connectivity index (χ0v) is 32.7. The number of benzene rings is 8. The summed E-state index contributed by atoms with van der Waals surface area (Å²) in [6.07, 6.45) is 6.57. The van der Waals surface area contributed by atoms with Crippen molar-refractivity contribution in [3.63, 3.8) is 0 Å². The molecule has 0 saturated carbocycles. The van der Waals surface area contributed by atoms with E-state index < -0.39 is 0 Å². The Balaban J connectivity index is 0.911. The van der Waals surface area contributed by atoms with Crippen molar-refractivity contribution in [3.05, 3.63) is 215 Å². The molecule has 8 aromatic carbocycles. The summed E-state index contributed by atoms with van der Waals surface area (Å²) in [6, 6.07) is 67.5. The van der Waals surface area contributed by atoms with Crippen LogP contribution in [0.5, 0.6) is 0 Å². The van der Waals surface area contributed by atoms with Crippen molar-refractivity contribution in [2.75, 3.05) is 9.80 Å². The molecule has 2 aliphatic carbocycles. The fraction of sp³-hybridized carbons (Fsp3) is 0.0566. The summed E-state index contributed by atoms with van der Waals surface area (Å²) in [5.41, 5.74) is 18.1. The van der Waals surface area contributed by atoms with Crippen molar-refractivity contribution in [1.29, 1.82) is 0 Å². The van der Waals surface area contributed by atoms with Gasteiger partial charge >= 0.3 is 0 Å². The molecule has 57 heavy (non-hydrogen) atoms. The topological polar surface area (TPSA) is 6.48 Å². The fourth-order valence-corrected chi connectivity index (χ4v) is 11.7. The summed E-state index contributed by atoms with van der Waals surface area (Å²) in [7, 11) is 0. The minimum Gasteiger partial charge on any atom is -0.308 e. The maximum absolute atomic E-state index is 2.51. The van der Waals surface area contributed by atoms with Gasteiger partial charge in [0.05, 0.1) is 22.7 Å². The second-order valence-electron chi connectivity index (χ2n) is 15.4. The van der Waals surface area contributed by atoms with Crippen LogP contribution in [0.25, 0.3) is 23.3 Å². The molecule has 8 aromatic rings. The van der Waals surface area contributed by atoms with E-state index in [1.807, 2.05) is 23.5 Å². The molecule has 2 heterocycles. The molecule has 12 rings (SSSR count). The Morgan fingerprint density at radius 3 is 1.33 bits per heavy atom. The van der Waals surface area contributed by atoms with Gasteiger partial charge in [0.15, 0.2) is 0 Å². The van der Waals surface area contributed by atoms with Crippen LogP contribution in [0.2, 0.25) is 0 Å². The Kier molecular flexibility index (Phi) is 7.48. The second kappa shape index (κ2) is 12.9. The predicted molar refractivity (Wildman–Crippen MR) is 239 cm³/mol. The minimum atomic E-state index is -0.126. The van der Waals surface area contributed by atoms with Crippen LogP contribution in [0.3, 0.4) is 0 Å². The van der Waals surface area contributed by atoms with Crippen molar-refractivity contribution in [2.45, 2.75) is 37.8 Å². The fourth-order valence-electron chi connectivity index (χ4n) is 9.63. The van der Waals surface area contributed by atoms with Crippen molar-refractivity contribution in [3.8, 4) is 11.1 Å². The normalized spacial score (nSPS) is 15.1. The third kappa shape index (κ3) is 5.21. The number of hydrogen-bond donors (Lipinski definition) is 0. The number of rotatable bonds is 4. The molecular formula is C53H36N2S2. The number of nitrogens with zero attached hydrogens (tertiary/aromatic N) is 2. The van der Waals surface area contributed by atoms with Crippen LogP contribution < -0.4 is 9.80 Å². The molecule has 270 valence electrons. The first-order valence-corrected chi connectivity index (χ1v) is 21.3. The van der Waals surface area contributed by atoms with Gasteiger partial charge in [0.25, 0.3) is 0 Å². The predicted octanol–water partition coefficient (Wildman–Crippen LogP) is 14.8. The molecule has 2 nitrogen and oxygen atoms in total. The molecule has 2 aliphatic heterocycles. The van der Waals surface area contributed by atoms with E-state index in [0.717, 1.165) is 12.8 Å². The lowest BCUT2D eigenvalue weighted by Crippen LogP contribution is -2.26. The summed E-state index contributed by atoms with van der Waals surface area (Å²) >= 11 is 3.71. The van der Waals surface area contributed by atoms with E-state index in [0.29, 0.717) is 0 Å². The Morgan fingerprint density at radius 1 is 0.386 bits per heavy atom. The van der Waals surface area contributed by atoms with Gasteiger partial charge in [-0.25, -0.2) is 0 Å². The van der Waals surface area contributed by atoms with Crippen molar-refractivity contribution >= 4 is 69.8 Å². The van der Waals surface area contributed by atoms with Gasteiger partial charge in [-0.05, 0) is 130 Å². The zero-order chi connectivity index (χ0) is 37.5. The van der Waals surface area contributed by atoms with E-state index in [1.165, 1.54) is 98.2 Å². The zero-order valence-electron chi connectivity index (χ0n) is 31.1. The number of hydrogen-bond acceptors (Lipinski definition) is 4. The summed E-state index contributed by atoms with van der Waals surface area (Å²) in [6.45, 7) is 0. The molecular weight excluding hydrogens is 729 g/mol. The number of anilines is 6. The average Bonchev–Trinajstić information content (AvgIpc) is 3.78. The van der Waals surface area contributed by atoms with Gasteiger partial charge in [-0.15, -0.1) is 0 Å². The average molecular weight is 765 g/mol. The van der Waals surface area contributed by atoms with E-state index in [9.17, 15) is 0 Å². The monoisotopic (exact) mass is 764 g/mol. The summed E-state index contributed by atoms with van der Waals surface area (Å²) in [5.74, 6) is 0. The molecule has 4 heteroatoms. The van der Waals surface area contributed by atoms with Gasteiger partial charge in [0.2, 0.25) is 0 Å². The number of fused-ring (bicyclic) bond motifs is 10. The van der Waals surface area contributed by atoms with Crippen LogP contribution in [-0.2, 0) is 18.3 Å². The van der Waals surface area contributed by atoms with E-state index in [2.05, 4.69) is 204 Å². The molecule has 0 saturated heterocycles. The molecule has 1 spiro atoms. The molecule has 0 radical (unpaired) electrons. The smallest absolute Gasteiger partial charge is 0.0601 e. The van der Waals surface area contributed by atoms with Gasteiger partial charge in [0.1, 0.15) is 0 Å². The Hall–Kier alpha value is -6.20. The number of para-hydroxylation sites is 4. The third-order valence-corrected chi connectivity index (χ3v) is 14.5. The van der Waals surface area contributed by atoms with Gasteiger partial charge in [-0.2, -0.15) is 0 Å². The van der Waals surface area contributed by atoms with Crippen LogP contribution in [0.15, 0.2) is 202 Å². The summed E-state index contributed by atoms with van der Waals surface area (Å²) in [4.78, 5) is 9.99. The highest BCUT2D eigenvalue weighted by molar-refractivity contribution is 8.00.